The highest BCUT2D eigenvalue weighted by atomic mass is 16.7. The van der Waals surface area contributed by atoms with E-state index < -0.39 is 0 Å². The van der Waals surface area contributed by atoms with Crippen molar-refractivity contribution in [3.8, 4) is 0 Å². The van der Waals surface area contributed by atoms with Gasteiger partial charge in [0.25, 0.3) is 0 Å². The third kappa shape index (κ3) is 4.67. The second kappa shape index (κ2) is 7.36. The summed E-state index contributed by atoms with van der Waals surface area (Å²) < 4.78 is 0. The average Bonchev–Trinajstić information content (AvgIpc) is 2.46. The van der Waals surface area contributed by atoms with Gasteiger partial charge in [-0.2, -0.15) is 0 Å². The first-order valence-corrected chi connectivity index (χ1v) is 7.56. The molecule has 0 amide bonds. The highest BCUT2D eigenvalue weighted by Gasteiger charge is 2.22. The fraction of sp³-hybridized carbons (Fsp3) is 0.529. The molecule has 1 unspecified atom stereocenters. The Morgan fingerprint density at radius 3 is 2.67 bits per heavy atom. The minimum Gasteiger partial charge on any atom is -0.313 e. The van der Waals surface area contributed by atoms with Gasteiger partial charge in [0.05, 0.1) is 11.3 Å². The fourth-order valence-corrected chi connectivity index (χ4v) is 2.67. The van der Waals surface area contributed by atoms with Crippen LogP contribution in [0.2, 0.25) is 0 Å². The van der Waals surface area contributed by atoms with E-state index in [2.05, 4.69) is 24.2 Å². The van der Waals surface area contributed by atoms with Crippen molar-refractivity contribution in [2.24, 2.45) is 11.1 Å². The Morgan fingerprint density at radius 2 is 2.00 bits per heavy atom. The van der Waals surface area contributed by atoms with Crippen LogP contribution >= 0.6 is 0 Å². The van der Waals surface area contributed by atoms with E-state index in [1.54, 1.807) is 12.1 Å². The predicted molar refractivity (Wildman–Crippen MR) is 84.5 cm³/mol. The first kappa shape index (κ1) is 15.7. The SMILES string of the molecule is Cc1ccc(C(=O)O/N=C2\CCCCC2CN(C)C)cc1. The molecule has 0 saturated heterocycles. The van der Waals surface area contributed by atoms with Gasteiger partial charge in [-0.3, -0.25) is 0 Å². The molecule has 0 heterocycles. The van der Waals surface area contributed by atoms with Crippen LogP contribution in [-0.2, 0) is 4.84 Å². The van der Waals surface area contributed by atoms with Gasteiger partial charge in [0.2, 0.25) is 0 Å². The number of benzene rings is 1. The van der Waals surface area contributed by atoms with E-state index in [1.807, 2.05) is 19.1 Å². The second-order valence-corrected chi connectivity index (χ2v) is 6.03. The molecular weight excluding hydrogens is 264 g/mol. The van der Waals surface area contributed by atoms with Crippen molar-refractivity contribution in [1.82, 2.24) is 4.90 Å². The third-order valence-corrected chi connectivity index (χ3v) is 3.83. The van der Waals surface area contributed by atoms with Crippen LogP contribution in [0.25, 0.3) is 0 Å². The van der Waals surface area contributed by atoms with Crippen molar-refractivity contribution >= 4 is 11.7 Å². The van der Waals surface area contributed by atoms with Gasteiger partial charge in [-0.15, -0.1) is 0 Å². The molecule has 21 heavy (non-hydrogen) atoms. The van der Waals surface area contributed by atoms with Gasteiger partial charge in [0.15, 0.2) is 0 Å². The summed E-state index contributed by atoms with van der Waals surface area (Å²) in [4.78, 5) is 19.3. The van der Waals surface area contributed by atoms with Crippen LogP contribution in [0.15, 0.2) is 29.4 Å². The molecule has 4 heteroatoms. The molecule has 4 nitrogen and oxygen atoms in total. The van der Waals surface area contributed by atoms with Crippen LogP contribution in [0.5, 0.6) is 0 Å². The molecular formula is C17H24N2O2. The van der Waals surface area contributed by atoms with Crippen LogP contribution in [0.1, 0.15) is 41.6 Å². The number of rotatable bonds is 4. The summed E-state index contributed by atoms with van der Waals surface area (Å²) in [5.74, 6) is 0.0243. The summed E-state index contributed by atoms with van der Waals surface area (Å²) >= 11 is 0. The van der Waals surface area contributed by atoms with Crippen molar-refractivity contribution in [3.63, 3.8) is 0 Å². The van der Waals surface area contributed by atoms with Gasteiger partial charge in [0.1, 0.15) is 0 Å². The number of hydrogen-bond donors (Lipinski definition) is 0. The van der Waals surface area contributed by atoms with Crippen LogP contribution in [0.4, 0.5) is 0 Å². The molecule has 0 N–H and O–H groups in total. The van der Waals surface area contributed by atoms with E-state index >= 15 is 0 Å². The Labute approximate surface area is 126 Å². The number of hydrogen-bond acceptors (Lipinski definition) is 4. The van der Waals surface area contributed by atoms with Crippen molar-refractivity contribution in [2.75, 3.05) is 20.6 Å². The minimum absolute atomic E-state index is 0.378. The number of oxime groups is 1. The van der Waals surface area contributed by atoms with E-state index in [0.29, 0.717) is 11.5 Å². The highest BCUT2D eigenvalue weighted by molar-refractivity contribution is 5.91. The molecule has 0 radical (unpaired) electrons. The Balaban J connectivity index is 2.00. The molecule has 1 aliphatic carbocycles. The van der Waals surface area contributed by atoms with Crippen LogP contribution in [-0.4, -0.2) is 37.2 Å². The van der Waals surface area contributed by atoms with Gasteiger partial charge < -0.3 is 9.74 Å². The lowest BCUT2D eigenvalue weighted by Gasteiger charge is -2.25. The standard InChI is InChI=1S/C17H24N2O2/c1-13-8-10-14(11-9-13)17(20)21-18-16-7-5-4-6-15(16)12-19(2)3/h8-11,15H,4-7,12H2,1-3H3/b18-16+. The van der Waals surface area contributed by atoms with Crippen LogP contribution in [0.3, 0.4) is 0 Å². The lowest BCUT2D eigenvalue weighted by atomic mass is 9.87. The summed E-state index contributed by atoms with van der Waals surface area (Å²) in [6.45, 7) is 2.95. The van der Waals surface area contributed by atoms with Gasteiger partial charge >= 0.3 is 5.97 Å². The summed E-state index contributed by atoms with van der Waals surface area (Å²) in [7, 11) is 4.12. The molecule has 1 fully saturated rings. The normalized spacial score (nSPS) is 20.8. The first-order chi connectivity index (χ1) is 10.1. The van der Waals surface area contributed by atoms with Crippen molar-refractivity contribution < 1.29 is 9.63 Å². The van der Waals surface area contributed by atoms with Crippen LogP contribution < -0.4 is 0 Å². The minimum atomic E-state index is -0.378. The monoisotopic (exact) mass is 288 g/mol. The number of nitrogens with zero attached hydrogens (tertiary/aromatic N) is 2. The van der Waals surface area contributed by atoms with Crippen LogP contribution in [0, 0.1) is 12.8 Å². The van der Waals surface area contributed by atoms with E-state index in [-0.39, 0.29) is 5.97 Å². The molecule has 1 atom stereocenters. The highest BCUT2D eigenvalue weighted by Crippen LogP contribution is 2.22. The summed E-state index contributed by atoms with van der Waals surface area (Å²) in [6, 6.07) is 7.35. The molecule has 0 aromatic heterocycles. The first-order valence-electron chi connectivity index (χ1n) is 7.56. The van der Waals surface area contributed by atoms with Crippen molar-refractivity contribution in [2.45, 2.75) is 32.6 Å². The Morgan fingerprint density at radius 1 is 1.29 bits per heavy atom. The van der Waals surface area contributed by atoms with E-state index in [9.17, 15) is 4.79 Å². The molecule has 1 aliphatic rings. The van der Waals surface area contributed by atoms with Crippen molar-refractivity contribution in [3.05, 3.63) is 35.4 Å². The second-order valence-electron chi connectivity index (χ2n) is 6.03. The third-order valence-electron chi connectivity index (χ3n) is 3.83. The largest absolute Gasteiger partial charge is 0.365 e. The van der Waals surface area contributed by atoms with Gasteiger partial charge in [0, 0.05) is 12.5 Å². The molecule has 1 aromatic rings. The quantitative estimate of drug-likeness (QED) is 0.631. The lowest BCUT2D eigenvalue weighted by Crippen LogP contribution is -2.30. The maximum absolute atomic E-state index is 12.0. The van der Waals surface area contributed by atoms with E-state index in [0.717, 1.165) is 37.1 Å². The maximum Gasteiger partial charge on any atom is 0.365 e. The Kier molecular flexibility index (Phi) is 5.51. The Hall–Kier alpha value is -1.68. The molecule has 0 aliphatic heterocycles. The van der Waals surface area contributed by atoms with E-state index in [1.165, 1.54) is 6.42 Å². The predicted octanol–water partition coefficient (Wildman–Crippen LogP) is 3.26. The fourth-order valence-electron chi connectivity index (χ4n) is 2.67. The molecule has 114 valence electrons. The van der Waals surface area contributed by atoms with Gasteiger partial charge in [-0.25, -0.2) is 4.79 Å². The molecule has 2 rings (SSSR count). The average molecular weight is 288 g/mol. The zero-order valence-electron chi connectivity index (χ0n) is 13.1. The number of carbonyl (C=O) groups is 1. The van der Waals surface area contributed by atoms with Gasteiger partial charge in [-0.05, 0) is 52.4 Å². The molecule has 1 saturated carbocycles. The number of carbonyl (C=O) groups excluding carboxylic acids is 1. The molecule has 0 bridgehead atoms. The summed E-state index contributed by atoms with van der Waals surface area (Å²) in [6.07, 6.45) is 4.41. The lowest BCUT2D eigenvalue weighted by molar-refractivity contribution is 0.0511. The van der Waals surface area contributed by atoms with Crippen molar-refractivity contribution in [1.29, 1.82) is 0 Å². The summed E-state index contributed by atoms with van der Waals surface area (Å²) in [5, 5.41) is 4.16. The molecule has 1 aromatic carbocycles. The topological polar surface area (TPSA) is 41.9 Å². The van der Waals surface area contributed by atoms with Gasteiger partial charge in [-0.1, -0.05) is 29.3 Å². The molecule has 0 spiro atoms. The van der Waals surface area contributed by atoms with E-state index in [4.69, 9.17) is 4.84 Å². The zero-order valence-corrected chi connectivity index (χ0v) is 13.1. The zero-order chi connectivity index (χ0) is 15.2. The Bertz CT molecular complexity index is 506. The maximum atomic E-state index is 12.0. The number of aryl methyl sites for hydroxylation is 1. The smallest absolute Gasteiger partial charge is 0.313 e. The summed E-state index contributed by atoms with van der Waals surface area (Å²) in [5.41, 5.74) is 2.69.